The van der Waals surface area contributed by atoms with Gasteiger partial charge in [0.2, 0.25) is 11.8 Å². The smallest absolute Gasteiger partial charge is 0.255 e. The molecule has 1 amide bonds. The van der Waals surface area contributed by atoms with Crippen LogP contribution in [0.15, 0.2) is 23.4 Å². The number of carbonyl (C=O) groups excluding carboxylic acids is 1. The van der Waals surface area contributed by atoms with Gasteiger partial charge in [0.25, 0.3) is 10.0 Å². The Hall–Kier alpha value is -1.61. The molecule has 2 aliphatic rings. The first-order valence-electron chi connectivity index (χ1n) is 7.83. The minimum Gasteiger partial charge on any atom is -0.326 e. The molecule has 1 unspecified atom stereocenters. The van der Waals surface area contributed by atoms with Crippen LogP contribution in [0.3, 0.4) is 0 Å². The normalized spacial score (nSPS) is 26.8. The zero-order valence-corrected chi connectivity index (χ0v) is 13.7. The zero-order chi connectivity index (χ0) is 17.5. The van der Waals surface area contributed by atoms with Crippen LogP contribution in [0, 0.1) is 17.8 Å². The minimum atomic E-state index is -4.00. The number of aromatic nitrogens is 1. The Labute approximate surface area is 138 Å². The Bertz CT molecular complexity index is 750. The second kappa shape index (κ2) is 6.03. The van der Waals surface area contributed by atoms with E-state index in [1.165, 1.54) is 12.3 Å². The van der Waals surface area contributed by atoms with Crippen molar-refractivity contribution in [1.82, 2.24) is 4.98 Å². The Kier molecular flexibility index (Phi) is 4.33. The fourth-order valence-corrected chi connectivity index (χ4v) is 3.91. The maximum absolute atomic E-state index is 13.7. The maximum atomic E-state index is 13.7. The second-order valence-electron chi connectivity index (χ2n) is 6.62. The number of alkyl halides is 2. The van der Waals surface area contributed by atoms with Crippen molar-refractivity contribution in [2.24, 2.45) is 22.9 Å². The molecule has 9 heteroatoms. The summed E-state index contributed by atoms with van der Waals surface area (Å²) in [5.41, 5.74) is 0.183. The molecule has 24 heavy (non-hydrogen) atoms. The van der Waals surface area contributed by atoms with Crippen LogP contribution in [-0.2, 0) is 14.8 Å². The van der Waals surface area contributed by atoms with E-state index in [-0.39, 0.29) is 23.1 Å². The van der Waals surface area contributed by atoms with Crippen LogP contribution in [0.5, 0.6) is 0 Å². The van der Waals surface area contributed by atoms with Crippen molar-refractivity contribution in [1.29, 1.82) is 0 Å². The highest BCUT2D eigenvalue weighted by atomic mass is 32.2. The van der Waals surface area contributed by atoms with E-state index in [2.05, 4.69) is 10.3 Å². The van der Waals surface area contributed by atoms with Crippen LogP contribution in [0.25, 0.3) is 0 Å². The third-order valence-corrected chi connectivity index (χ3v) is 5.54. The lowest BCUT2D eigenvalue weighted by Gasteiger charge is -2.35. The summed E-state index contributed by atoms with van der Waals surface area (Å²) in [7, 11) is -4.00. The molecule has 3 rings (SSSR count). The molecule has 2 aliphatic carbocycles. The highest BCUT2D eigenvalue weighted by Gasteiger charge is 2.49. The summed E-state index contributed by atoms with van der Waals surface area (Å²) >= 11 is 0. The number of sulfonamides is 1. The molecule has 3 N–H and O–H groups in total. The van der Waals surface area contributed by atoms with Crippen molar-refractivity contribution < 1.29 is 22.0 Å². The fraction of sp³-hybridized carbons (Fsp3) is 0.600. The average Bonchev–Trinajstić information content (AvgIpc) is 3.30. The SMILES string of the molecule is NS(=O)(=O)c1cc(NC(=O)[C@@H]2CC(F)(F)CCC2C2CC2)ccn1. The molecule has 2 atom stereocenters. The highest BCUT2D eigenvalue weighted by molar-refractivity contribution is 7.89. The van der Waals surface area contributed by atoms with Gasteiger partial charge in [0.05, 0.1) is 0 Å². The number of carbonyl (C=O) groups is 1. The number of halogens is 2. The quantitative estimate of drug-likeness (QED) is 0.859. The molecule has 1 heterocycles. The van der Waals surface area contributed by atoms with Crippen molar-refractivity contribution in [2.75, 3.05) is 5.32 Å². The number of hydrogen-bond donors (Lipinski definition) is 2. The van der Waals surface area contributed by atoms with Crippen LogP contribution in [0.1, 0.15) is 32.1 Å². The molecular weight excluding hydrogens is 340 g/mol. The van der Waals surface area contributed by atoms with Crippen molar-refractivity contribution in [3.8, 4) is 0 Å². The number of nitrogens with zero attached hydrogens (tertiary/aromatic N) is 1. The van der Waals surface area contributed by atoms with E-state index in [1.54, 1.807) is 0 Å². The maximum Gasteiger partial charge on any atom is 0.255 e. The first-order valence-corrected chi connectivity index (χ1v) is 9.38. The molecule has 0 spiro atoms. The Balaban J connectivity index is 1.77. The molecule has 2 fully saturated rings. The summed E-state index contributed by atoms with van der Waals surface area (Å²) in [4.78, 5) is 16.1. The molecule has 0 aromatic carbocycles. The van der Waals surface area contributed by atoms with E-state index >= 15 is 0 Å². The number of pyridine rings is 1. The van der Waals surface area contributed by atoms with E-state index in [0.29, 0.717) is 12.3 Å². The summed E-state index contributed by atoms with van der Waals surface area (Å²) in [6.45, 7) is 0. The zero-order valence-electron chi connectivity index (χ0n) is 12.9. The van der Waals surface area contributed by atoms with Gasteiger partial charge in [-0.05, 0) is 37.2 Å². The number of rotatable bonds is 4. The van der Waals surface area contributed by atoms with Crippen molar-refractivity contribution >= 4 is 21.6 Å². The molecule has 1 aromatic rings. The number of hydrogen-bond acceptors (Lipinski definition) is 4. The van der Waals surface area contributed by atoms with Crippen LogP contribution in [-0.4, -0.2) is 25.2 Å². The predicted octanol–water partition coefficient (Wildman–Crippen LogP) is 2.13. The molecular formula is C15H19F2N3O3S. The Morgan fingerprint density at radius 2 is 2.04 bits per heavy atom. The number of amides is 1. The van der Waals surface area contributed by atoms with Gasteiger partial charge >= 0.3 is 0 Å². The highest BCUT2D eigenvalue weighted by Crippen LogP contribution is 2.50. The molecule has 1 aromatic heterocycles. The minimum absolute atomic E-state index is 0.0378. The summed E-state index contributed by atoms with van der Waals surface area (Å²) < 4.78 is 50.1. The van der Waals surface area contributed by atoms with E-state index < -0.39 is 34.2 Å². The summed E-state index contributed by atoms with van der Waals surface area (Å²) in [6.07, 6.45) is 2.85. The lowest BCUT2D eigenvalue weighted by atomic mass is 9.74. The summed E-state index contributed by atoms with van der Waals surface area (Å²) in [5.74, 6) is -3.80. The molecule has 0 aliphatic heterocycles. The number of nitrogens with one attached hydrogen (secondary N) is 1. The van der Waals surface area contributed by atoms with Crippen molar-refractivity contribution in [2.45, 2.75) is 43.1 Å². The average molecular weight is 359 g/mol. The molecule has 0 bridgehead atoms. The third-order valence-electron chi connectivity index (χ3n) is 4.74. The van der Waals surface area contributed by atoms with Gasteiger partial charge in [-0.3, -0.25) is 4.79 Å². The lowest BCUT2D eigenvalue weighted by molar-refractivity contribution is -0.132. The standard InChI is InChI=1S/C15H19F2N3O3S/c16-15(17)5-3-11(9-1-2-9)12(8-15)14(21)20-10-4-6-19-13(7-10)24(18,22)23/h4,6-7,9,11-12H,1-3,5,8H2,(H2,18,22,23)(H,19,20,21)/t11?,12-/m1/s1. The number of primary sulfonamides is 1. The van der Waals surface area contributed by atoms with Gasteiger partial charge in [-0.25, -0.2) is 27.3 Å². The van der Waals surface area contributed by atoms with Gasteiger partial charge in [-0.2, -0.15) is 0 Å². The predicted molar refractivity (Wildman–Crippen MR) is 82.7 cm³/mol. The Morgan fingerprint density at radius 3 is 2.67 bits per heavy atom. The molecule has 6 nitrogen and oxygen atoms in total. The molecule has 0 radical (unpaired) electrons. The Morgan fingerprint density at radius 1 is 1.33 bits per heavy atom. The van der Waals surface area contributed by atoms with E-state index in [1.807, 2.05) is 0 Å². The van der Waals surface area contributed by atoms with E-state index in [9.17, 15) is 22.0 Å². The molecule has 132 valence electrons. The largest absolute Gasteiger partial charge is 0.326 e. The van der Waals surface area contributed by atoms with E-state index in [4.69, 9.17) is 5.14 Å². The van der Waals surface area contributed by atoms with Gasteiger partial charge in [0, 0.05) is 36.7 Å². The van der Waals surface area contributed by atoms with Crippen molar-refractivity contribution in [3.63, 3.8) is 0 Å². The van der Waals surface area contributed by atoms with Gasteiger partial charge in [0.1, 0.15) is 0 Å². The van der Waals surface area contributed by atoms with Crippen LogP contribution < -0.4 is 10.5 Å². The van der Waals surface area contributed by atoms with Gasteiger partial charge in [-0.15, -0.1) is 0 Å². The molecule has 0 saturated heterocycles. The van der Waals surface area contributed by atoms with Crippen LogP contribution >= 0.6 is 0 Å². The van der Waals surface area contributed by atoms with Gasteiger partial charge < -0.3 is 5.32 Å². The first kappa shape index (κ1) is 17.2. The molecule has 2 saturated carbocycles. The van der Waals surface area contributed by atoms with Crippen LogP contribution in [0.2, 0.25) is 0 Å². The lowest BCUT2D eigenvalue weighted by Crippen LogP contribution is -2.40. The first-order chi connectivity index (χ1) is 11.2. The summed E-state index contributed by atoms with van der Waals surface area (Å²) in [5, 5.41) is 7.16. The van der Waals surface area contributed by atoms with Crippen molar-refractivity contribution in [3.05, 3.63) is 18.3 Å². The summed E-state index contributed by atoms with van der Waals surface area (Å²) in [6, 6.07) is 2.53. The van der Waals surface area contributed by atoms with Gasteiger partial charge in [0.15, 0.2) is 5.03 Å². The fourth-order valence-electron chi connectivity index (χ4n) is 3.41. The topological polar surface area (TPSA) is 102 Å². The van der Waals surface area contributed by atoms with Gasteiger partial charge in [-0.1, -0.05) is 0 Å². The number of nitrogens with two attached hydrogens (primary N) is 1. The third kappa shape index (κ3) is 3.89. The van der Waals surface area contributed by atoms with E-state index in [0.717, 1.165) is 18.9 Å². The van der Waals surface area contributed by atoms with Crippen LogP contribution in [0.4, 0.5) is 14.5 Å². The monoisotopic (exact) mass is 359 g/mol. The second-order valence-corrected chi connectivity index (χ2v) is 8.13. The number of anilines is 1.